The van der Waals surface area contributed by atoms with Crippen LogP contribution in [0.25, 0.3) is 10.2 Å². The Morgan fingerprint density at radius 2 is 2.10 bits per heavy atom. The lowest BCUT2D eigenvalue weighted by molar-refractivity contribution is 0.490. The van der Waals surface area contributed by atoms with Crippen molar-refractivity contribution in [2.24, 2.45) is 0 Å². The number of para-hydroxylation sites is 1. The highest BCUT2D eigenvalue weighted by Crippen LogP contribution is 2.23. The van der Waals surface area contributed by atoms with Crippen LogP contribution in [0.5, 0.6) is 0 Å². The van der Waals surface area contributed by atoms with E-state index in [1.165, 1.54) is 15.3 Å². The van der Waals surface area contributed by atoms with Gasteiger partial charge in [-0.1, -0.05) is 12.1 Å². The van der Waals surface area contributed by atoms with Crippen molar-refractivity contribution in [2.45, 2.75) is 33.2 Å². The second kappa shape index (κ2) is 6.00. The summed E-state index contributed by atoms with van der Waals surface area (Å²) in [6.45, 7) is 7.11. The van der Waals surface area contributed by atoms with Gasteiger partial charge in [0.25, 0.3) is 0 Å². The van der Waals surface area contributed by atoms with Crippen LogP contribution in [0.4, 0.5) is 0 Å². The third-order valence-corrected chi connectivity index (χ3v) is 4.77. The molecule has 1 aromatic carbocycles. The van der Waals surface area contributed by atoms with E-state index in [0.717, 1.165) is 30.0 Å². The molecule has 0 aliphatic carbocycles. The molecular formula is C17H20N2OS. The first-order valence-corrected chi connectivity index (χ1v) is 8.10. The number of furan rings is 1. The van der Waals surface area contributed by atoms with E-state index in [4.69, 9.17) is 4.42 Å². The van der Waals surface area contributed by atoms with Gasteiger partial charge < -0.3 is 9.73 Å². The first kappa shape index (κ1) is 14.3. The minimum Gasteiger partial charge on any atom is -0.466 e. The fourth-order valence-electron chi connectivity index (χ4n) is 2.61. The largest absolute Gasteiger partial charge is 0.466 e. The second-order valence-electron chi connectivity index (χ2n) is 5.37. The summed E-state index contributed by atoms with van der Waals surface area (Å²) in [6, 6.07) is 10.7. The molecule has 2 heterocycles. The Morgan fingerprint density at radius 3 is 2.81 bits per heavy atom. The minimum absolute atomic E-state index is 0.303. The normalized spacial score (nSPS) is 12.9. The van der Waals surface area contributed by atoms with Gasteiger partial charge in [-0.25, -0.2) is 4.98 Å². The third-order valence-electron chi connectivity index (χ3n) is 3.67. The van der Waals surface area contributed by atoms with Crippen molar-refractivity contribution in [1.29, 1.82) is 0 Å². The van der Waals surface area contributed by atoms with Crippen LogP contribution in [0.2, 0.25) is 0 Å². The van der Waals surface area contributed by atoms with Crippen molar-refractivity contribution >= 4 is 21.6 Å². The fourth-order valence-corrected chi connectivity index (χ4v) is 3.58. The van der Waals surface area contributed by atoms with Crippen LogP contribution in [-0.2, 0) is 6.42 Å². The van der Waals surface area contributed by atoms with Crippen molar-refractivity contribution in [1.82, 2.24) is 10.3 Å². The van der Waals surface area contributed by atoms with Gasteiger partial charge in [0.05, 0.1) is 15.2 Å². The summed E-state index contributed by atoms with van der Waals surface area (Å²) >= 11 is 1.78. The Morgan fingerprint density at radius 1 is 1.29 bits per heavy atom. The SMILES string of the molecule is Cc1cc(C(C)NCCc2nc3ccccc3s2)c(C)o1. The molecule has 1 atom stereocenters. The zero-order chi connectivity index (χ0) is 14.8. The highest BCUT2D eigenvalue weighted by molar-refractivity contribution is 7.18. The number of rotatable bonds is 5. The molecule has 1 N–H and O–H groups in total. The van der Waals surface area contributed by atoms with Gasteiger partial charge in [0.2, 0.25) is 0 Å². The first-order chi connectivity index (χ1) is 10.1. The maximum Gasteiger partial charge on any atom is 0.105 e. The number of nitrogens with zero attached hydrogens (tertiary/aromatic N) is 1. The van der Waals surface area contributed by atoms with Gasteiger partial charge in [0.1, 0.15) is 11.5 Å². The summed E-state index contributed by atoms with van der Waals surface area (Å²) in [4.78, 5) is 4.66. The predicted molar refractivity (Wildman–Crippen MR) is 87.9 cm³/mol. The monoisotopic (exact) mass is 300 g/mol. The molecule has 3 aromatic rings. The zero-order valence-corrected chi connectivity index (χ0v) is 13.5. The molecule has 0 spiro atoms. The molecule has 0 radical (unpaired) electrons. The van der Waals surface area contributed by atoms with E-state index in [2.05, 4.69) is 41.5 Å². The molecule has 0 aliphatic heterocycles. The van der Waals surface area contributed by atoms with Crippen LogP contribution in [0, 0.1) is 13.8 Å². The maximum atomic E-state index is 5.59. The van der Waals surface area contributed by atoms with Gasteiger partial charge in [0, 0.05) is 24.6 Å². The van der Waals surface area contributed by atoms with Crippen LogP contribution in [0.1, 0.15) is 35.1 Å². The molecular weight excluding hydrogens is 280 g/mol. The molecule has 4 heteroatoms. The molecule has 110 valence electrons. The molecule has 0 fully saturated rings. The van der Waals surface area contributed by atoms with Crippen molar-refractivity contribution in [3.63, 3.8) is 0 Å². The van der Waals surface area contributed by atoms with Gasteiger partial charge >= 0.3 is 0 Å². The maximum absolute atomic E-state index is 5.59. The minimum atomic E-state index is 0.303. The lowest BCUT2D eigenvalue weighted by atomic mass is 10.1. The number of benzene rings is 1. The lowest BCUT2D eigenvalue weighted by Crippen LogP contribution is -2.21. The Bertz CT molecular complexity index is 711. The van der Waals surface area contributed by atoms with Crippen LogP contribution >= 0.6 is 11.3 Å². The average Bonchev–Trinajstić information content (AvgIpc) is 3.01. The molecule has 0 saturated heterocycles. The summed E-state index contributed by atoms with van der Waals surface area (Å²) in [5.74, 6) is 1.98. The Hall–Kier alpha value is -1.65. The van der Waals surface area contributed by atoms with E-state index in [-0.39, 0.29) is 0 Å². The van der Waals surface area contributed by atoms with Crippen molar-refractivity contribution in [3.8, 4) is 0 Å². The van der Waals surface area contributed by atoms with E-state index < -0.39 is 0 Å². The van der Waals surface area contributed by atoms with Gasteiger partial charge in [-0.2, -0.15) is 0 Å². The number of thiazole rings is 1. The topological polar surface area (TPSA) is 38.1 Å². The van der Waals surface area contributed by atoms with Crippen LogP contribution in [0.3, 0.4) is 0 Å². The zero-order valence-electron chi connectivity index (χ0n) is 12.6. The number of hydrogen-bond donors (Lipinski definition) is 1. The summed E-state index contributed by atoms with van der Waals surface area (Å²) in [7, 11) is 0. The first-order valence-electron chi connectivity index (χ1n) is 7.28. The fraction of sp³-hybridized carbons (Fsp3) is 0.353. The number of aromatic nitrogens is 1. The Labute approximate surface area is 129 Å². The lowest BCUT2D eigenvalue weighted by Gasteiger charge is -2.12. The summed E-state index contributed by atoms with van der Waals surface area (Å²) < 4.78 is 6.86. The second-order valence-corrected chi connectivity index (χ2v) is 6.48. The van der Waals surface area contributed by atoms with Crippen molar-refractivity contribution < 1.29 is 4.42 Å². The van der Waals surface area contributed by atoms with Crippen molar-refractivity contribution in [3.05, 3.63) is 52.4 Å². The third kappa shape index (κ3) is 3.17. The number of nitrogens with one attached hydrogen (secondary N) is 1. The molecule has 3 rings (SSSR count). The van der Waals surface area contributed by atoms with E-state index in [1.807, 2.05) is 19.9 Å². The predicted octanol–water partition coefficient (Wildman–Crippen LogP) is 4.40. The molecule has 0 aliphatic rings. The van der Waals surface area contributed by atoms with Crippen LogP contribution < -0.4 is 5.32 Å². The molecule has 0 saturated carbocycles. The molecule has 3 nitrogen and oxygen atoms in total. The summed E-state index contributed by atoms with van der Waals surface area (Å²) in [5.41, 5.74) is 2.35. The van der Waals surface area contributed by atoms with Crippen molar-refractivity contribution in [2.75, 3.05) is 6.54 Å². The summed E-state index contributed by atoms with van der Waals surface area (Å²) in [5, 5.41) is 4.74. The molecule has 2 aromatic heterocycles. The molecule has 0 amide bonds. The molecule has 1 unspecified atom stereocenters. The quantitative estimate of drug-likeness (QED) is 0.759. The van der Waals surface area contributed by atoms with E-state index in [9.17, 15) is 0 Å². The van der Waals surface area contributed by atoms with Crippen LogP contribution in [0.15, 0.2) is 34.7 Å². The standard InChI is InChI=1S/C17H20N2OS/c1-11-10-14(13(3)20-11)12(2)18-9-8-17-19-15-6-4-5-7-16(15)21-17/h4-7,10,12,18H,8-9H2,1-3H3. The average molecular weight is 300 g/mol. The highest BCUT2D eigenvalue weighted by Gasteiger charge is 2.12. The molecule has 21 heavy (non-hydrogen) atoms. The van der Waals surface area contributed by atoms with E-state index in [1.54, 1.807) is 11.3 Å². The number of fused-ring (bicyclic) bond motifs is 1. The number of hydrogen-bond acceptors (Lipinski definition) is 4. The van der Waals surface area contributed by atoms with Gasteiger partial charge in [-0.3, -0.25) is 0 Å². The summed E-state index contributed by atoms with van der Waals surface area (Å²) in [6.07, 6.45) is 0.958. The van der Waals surface area contributed by atoms with Gasteiger partial charge in [-0.15, -0.1) is 11.3 Å². The highest BCUT2D eigenvalue weighted by atomic mass is 32.1. The Balaban J connectivity index is 1.59. The molecule has 0 bridgehead atoms. The Kier molecular flexibility index (Phi) is 4.08. The van der Waals surface area contributed by atoms with Gasteiger partial charge in [0.15, 0.2) is 0 Å². The van der Waals surface area contributed by atoms with E-state index >= 15 is 0 Å². The van der Waals surface area contributed by atoms with E-state index in [0.29, 0.717) is 6.04 Å². The van der Waals surface area contributed by atoms with Gasteiger partial charge in [-0.05, 0) is 39.0 Å². The van der Waals surface area contributed by atoms with Crippen LogP contribution in [-0.4, -0.2) is 11.5 Å². The smallest absolute Gasteiger partial charge is 0.105 e. The number of aryl methyl sites for hydroxylation is 2.